The molecule has 5 heteroatoms. The van der Waals surface area contributed by atoms with Crippen molar-refractivity contribution in [1.29, 1.82) is 0 Å². The van der Waals surface area contributed by atoms with E-state index < -0.39 is 0 Å². The molecule has 0 bridgehead atoms. The highest BCUT2D eigenvalue weighted by molar-refractivity contribution is 5.97. The predicted octanol–water partition coefficient (Wildman–Crippen LogP) is 2.71. The zero-order chi connectivity index (χ0) is 14.8. The molecule has 2 heterocycles. The van der Waals surface area contributed by atoms with Gasteiger partial charge in [-0.05, 0) is 17.7 Å². The van der Waals surface area contributed by atoms with Gasteiger partial charge in [-0.2, -0.15) is 0 Å². The van der Waals surface area contributed by atoms with Gasteiger partial charge in [0.2, 0.25) is 0 Å². The van der Waals surface area contributed by atoms with Crippen molar-refractivity contribution < 1.29 is 13.9 Å². The Morgan fingerprint density at radius 3 is 2.71 bits per heavy atom. The fourth-order valence-corrected chi connectivity index (χ4v) is 2.28. The molecule has 0 aliphatic carbocycles. The van der Waals surface area contributed by atoms with E-state index in [1.165, 1.54) is 0 Å². The maximum atomic E-state index is 12.2. The summed E-state index contributed by atoms with van der Waals surface area (Å²) in [7, 11) is 3.47. The lowest BCUT2D eigenvalue weighted by Gasteiger charge is -2.07. The molecule has 2 aromatic heterocycles. The van der Waals surface area contributed by atoms with Crippen molar-refractivity contribution >= 4 is 17.0 Å². The van der Waals surface area contributed by atoms with Crippen LogP contribution < -0.4 is 10.1 Å². The van der Waals surface area contributed by atoms with Gasteiger partial charge in [0.25, 0.3) is 5.91 Å². The van der Waals surface area contributed by atoms with E-state index in [0.29, 0.717) is 17.8 Å². The van der Waals surface area contributed by atoms with Crippen LogP contribution in [0.4, 0.5) is 0 Å². The van der Waals surface area contributed by atoms with Crippen molar-refractivity contribution in [3.8, 4) is 5.75 Å². The minimum atomic E-state index is -0.125. The number of ether oxygens (including phenoxy) is 1. The van der Waals surface area contributed by atoms with Crippen LogP contribution in [-0.2, 0) is 13.6 Å². The first-order valence-electron chi connectivity index (χ1n) is 6.63. The van der Waals surface area contributed by atoms with E-state index in [1.54, 1.807) is 19.4 Å². The minimum absolute atomic E-state index is 0.125. The molecule has 0 saturated carbocycles. The highest BCUT2D eigenvalue weighted by Crippen LogP contribution is 2.19. The first-order valence-corrected chi connectivity index (χ1v) is 6.63. The molecule has 3 rings (SSSR count). The van der Waals surface area contributed by atoms with Crippen molar-refractivity contribution in [2.75, 3.05) is 7.11 Å². The lowest BCUT2D eigenvalue weighted by Crippen LogP contribution is -2.24. The van der Waals surface area contributed by atoms with E-state index in [9.17, 15) is 4.79 Å². The number of rotatable bonds is 4. The maximum absolute atomic E-state index is 12.2. The molecule has 0 aliphatic rings. The Hall–Kier alpha value is -2.69. The van der Waals surface area contributed by atoms with Gasteiger partial charge in [-0.15, -0.1) is 0 Å². The van der Waals surface area contributed by atoms with Crippen LogP contribution in [-0.4, -0.2) is 17.6 Å². The number of aromatic nitrogens is 1. The molecule has 0 spiro atoms. The maximum Gasteiger partial charge on any atom is 0.268 e. The number of carbonyl (C=O) groups is 1. The summed E-state index contributed by atoms with van der Waals surface area (Å²) in [4.78, 5) is 12.2. The molecule has 0 saturated heterocycles. The number of carbonyl (C=O) groups excluding carboxylic acids is 1. The van der Waals surface area contributed by atoms with Gasteiger partial charge in [0, 0.05) is 25.7 Å². The second-order valence-corrected chi connectivity index (χ2v) is 4.79. The molecule has 1 N–H and O–H groups in total. The number of nitrogens with one attached hydrogen (secondary N) is 1. The molecule has 108 valence electrons. The molecule has 1 aromatic carbocycles. The van der Waals surface area contributed by atoms with E-state index in [1.807, 2.05) is 41.9 Å². The Labute approximate surface area is 122 Å². The molecular weight excluding hydrogens is 268 g/mol. The molecule has 0 radical (unpaired) electrons. The van der Waals surface area contributed by atoms with E-state index in [2.05, 4.69) is 5.32 Å². The quantitative estimate of drug-likeness (QED) is 0.801. The van der Waals surface area contributed by atoms with Gasteiger partial charge in [-0.3, -0.25) is 4.79 Å². The van der Waals surface area contributed by atoms with Crippen molar-refractivity contribution in [2.45, 2.75) is 6.54 Å². The van der Waals surface area contributed by atoms with Gasteiger partial charge in [-0.25, -0.2) is 0 Å². The summed E-state index contributed by atoms with van der Waals surface area (Å²) in [6, 6.07) is 11.2. The molecule has 0 unspecified atom stereocenters. The highest BCUT2D eigenvalue weighted by atomic mass is 16.5. The number of nitrogens with zero attached hydrogens (tertiary/aromatic N) is 1. The summed E-state index contributed by atoms with van der Waals surface area (Å²) in [6.07, 6.45) is 1.61. The number of hydrogen-bond acceptors (Lipinski definition) is 3. The fraction of sp³-hybridized carbons (Fsp3) is 0.188. The zero-order valence-corrected chi connectivity index (χ0v) is 11.9. The Kier molecular flexibility index (Phi) is 3.39. The van der Waals surface area contributed by atoms with Crippen LogP contribution >= 0.6 is 0 Å². The van der Waals surface area contributed by atoms with Crippen LogP contribution in [0.5, 0.6) is 5.75 Å². The Morgan fingerprint density at radius 1 is 1.29 bits per heavy atom. The van der Waals surface area contributed by atoms with Gasteiger partial charge in [0.05, 0.1) is 18.9 Å². The topological polar surface area (TPSA) is 56.4 Å². The smallest absolute Gasteiger partial charge is 0.268 e. The summed E-state index contributed by atoms with van der Waals surface area (Å²) in [6.45, 7) is 0.468. The molecule has 0 atom stereocenters. The summed E-state index contributed by atoms with van der Waals surface area (Å²) < 4.78 is 12.2. The molecule has 3 aromatic rings. The molecule has 1 amide bonds. The van der Waals surface area contributed by atoms with Crippen LogP contribution in [0.3, 0.4) is 0 Å². The van der Waals surface area contributed by atoms with Gasteiger partial charge in [0.1, 0.15) is 11.4 Å². The third-order valence-corrected chi connectivity index (χ3v) is 3.51. The van der Waals surface area contributed by atoms with Crippen molar-refractivity contribution in [1.82, 2.24) is 9.88 Å². The van der Waals surface area contributed by atoms with Crippen LogP contribution in [0.15, 0.2) is 47.1 Å². The standard InChI is InChI=1S/C16H16N2O3/c1-18-13-7-8-21-15(13)9-14(18)16(19)17-10-11-3-5-12(20-2)6-4-11/h3-9H,10H2,1-2H3,(H,17,19). The monoisotopic (exact) mass is 284 g/mol. The van der Waals surface area contributed by atoms with E-state index in [0.717, 1.165) is 16.8 Å². The van der Waals surface area contributed by atoms with E-state index >= 15 is 0 Å². The number of fused-ring (bicyclic) bond motifs is 1. The molecule has 0 fully saturated rings. The Morgan fingerprint density at radius 2 is 2.05 bits per heavy atom. The number of benzene rings is 1. The number of hydrogen-bond donors (Lipinski definition) is 1. The molecular formula is C16H16N2O3. The first-order chi connectivity index (χ1) is 10.2. The third-order valence-electron chi connectivity index (χ3n) is 3.51. The van der Waals surface area contributed by atoms with Gasteiger partial charge in [0.15, 0.2) is 5.58 Å². The normalized spacial score (nSPS) is 10.8. The fourth-order valence-electron chi connectivity index (χ4n) is 2.28. The number of aryl methyl sites for hydroxylation is 1. The van der Waals surface area contributed by atoms with Crippen molar-refractivity contribution in [2.24, 2.45) is 7.05 Å². The predicted molar refractivity (Wildman–Crippen MR) is 79.3 cm³/mol. The van der Waals surface area contributed by atoms with Crippen LogP contribution in [0.25, 0.3) is 11.1 Å². The van der Waals surface area contributed by atoms with Crippen LogP contribution in [0.2, 0.25) is 0 Å². The molecule has 21 heavy (non-hydrogen) atoms. The van der Waals surface area contributed by atoms with Crippen molar-refractivity contribution in [3.63, 3.8) is 0 Å². The second-order valence-electron chi connectivity index (χ2n) is 4.79. The van der Waals surface area contributed by atoms with Gasteiger partial charge < -0.3 is 19.0 Å². The van der Waals surface area contributed by atoms with E-state index in [-0.39, 0.29) is 5.91 Å². The van der Waals surface area contributed by atoms with Gasteiger partial charge >= 0.3 is 0 Å². The van der Waals surface area contributed by atoms with Crippen LogP contribution in [0, 0.1) is 0 Å². The minimum Gasteiger partial charge on any atom is -0.497 e. The lowest BCUT2D eigenvalue weighted by molar-refractivity contribution is 0.0943. The molecule has 5 nitrogen and oxygen atoms in total. The Balaban J connectivity index is 1.70. The van der Waals surface area contributed by atoms with Crippen LogP contribution in [0.1, 0.15) is 16.1 Å². The lowest BCUT2D eigenvalue weighted by atomic mass is 10.2. The summed E-state index contributed by atoms with van der Waals surface area (Å²) in [5.41, 5.74) is 3.22. The number of amides is 1. The molecule has 0 aliphatic heterocycles. The first kappa shape index (κ1) is 13.3. The van der Waals surface area contributed by atoms with E-state index in [4.69, 9.17) is 9.15 Å². The second kappa shape index (κ2) is 5.36. The SMILES string of the molecule is COc1ccc(CNC(=O)c2cc3occc3n2C)cc1. The third kappa shape index (κ3) is 2.50. The summed E-state index contributed by atoms with van der Waals surface area (Å²) >= 11 is 0. The summed E-state index contributed by atoms with van der Waals surface area (Å²) in [5.74, 6) is 0.674. The Bertz CT molecular complexity index is 769. The number of furan rings is 1. The highest BCUT2D eigenvalue weighted by Gasteiger charge is 2.14. The average molecular weight is 284 g/mol. The number of methoxy groups -OCH3 is 1. The van der Waals surface area contributed by atoms with Gasteiger partial charge in [-0.1, -0.05) is 12.1 Å². The summed E-state index contributed by atoms with van der Waals surface area (Å²) in [5, 5.41) is 2.90. The average Bonchev–Trinajstić information content (AvgIpc) is 3.09. The zero-order valence-electron chi connectivity index (χ0n) is 11.9. The van der Waals surface area contributed by atoms with Crippen molar-refractivity contribution in [3.05, 3.63) is 53.9 Å². The largest absolute Gasteiger partial charge is 0.497 e.